The van der Waals surface area contributed by atoms with Crippen molar-refractivity contribution in [1.29, 1.82) is 0 Å². The van der Waals surface area contributed by atoms with Gasteiger partial charge >= 0.3 is 0 Å². The molecule has 2 nitrogen and oxygen atoms in total. The van der Waals surface area contributed by atoms with E-state index in [1.54, 1.807) is 0 Å². The predicted molar refractivity (Wildman–Crippen MR) is 71.1 cm³/mol. The second-order valence-electron chi connectivity index (χ2n) is 5.31. The predicted octanol–water partition coefficient (Wildman–Crippen LogP) is 2.62. The minimum Gasteiger partial charge on any atom is -0.396 e. The summed E-state index contributed by atoms with van der Waals surface area (Å²) in [5.41, 5.74) is 6.95. The molecule has 0 aromatic heterocycles. The van der Waals surface area contributed by atoms with Crippen molar-refractivity contribution >= 4 is 11.6 Å². The highest BCUT2D eigenvalue weighted by Crippen LogP contribution is 2.41. The van der Waals surface area contributed by atoms with Crippen molar-refractivity contribution in [3.05, 3.63) is 34.9 Å². The third-order valence-corrected chi connectivity index (χ3v) is 3.93. The van der Waals surface area contributed by atoms with E-state index in [-0.39, 0.29) is 12.0 Å². The molecule has 0 bridgehead atoms. The monoisotopic (exact) mass is 253 g/mol. The minimum absolute atomic E-state index is 0.144. The third kappa shape index (κ3) is 3.44. The molecule has 3 heteroatoms. The molecule has 1 atom stereocenters. The van der Waals surface area contributed by atoms with Crippen LogP contribution in [0.3, 0.4) is 0 Å². The average Bonchev–Trinajstić information content (AvgIpc) is 3.15. The molecule has 1 aromatic rings. The number of hydrogen-bond donors (Lipinski definition) is 2. The highest BCUT2D eigenvalue weighted by molar-refractivity contribution is 6.30. The van der Waals surface area contributed by atoms with Crippen molar-refractivity contribution in [3.8, 4) is 0 Å². The standard InChI is InChI=1S/C14H20ClNO/c15-13-5-3-12(4-6-13)8-14(9-16,10-17)7-11-1-2-11/h3-6,11,17H,1-2,7-10,16H2. The first-order valence-corrected chi connectivity index (χ1v) is 6.61. The van der Waals surface area contributed by atoms with Gasteiger partial charge in [-0.2, -0.15) is 0 Å². The summed E-state index contributed by atoms with van der Waals surface area (Å²) in [4.78, 5) is 0. The maximum Gasteiger partial charge on any atom is 0.0502 e. The van der Waals surface area contributed by atoms with Crippen LogP contribution in [-0.4, -0.2) is 18.3 Å². The Morgan fingerprint density at radius 2 is 1.94 bits per heavy atom. The quantitative estimate of drug-likeness (QED) is 0.819. The van der Waals surface area contributed by atoms with E-state index in [0.29, 0.717) is 6.54 Å². The Morgan fingerprint density at radius 1 is 1.29 bits per heavy atom. The molecule has 1 fully saturated rings. The van der Waals surface area contributed by atoms with Crippen LogP contribution >= 0.6 is 11.6 Å². The van der Waals surface area contributed by atoms with Crippen LogP contribution < -0.4 is 5.73 Å². The fraction of sp³-hybridized carbons (Fsp3) is 0.571. The summed E-state index contributed by atoms with van der Waals surface area (Å²) in [5.74, 6) is 0.776. The summed E-state index contributed by atoms with van der Waals surface area (Å²) in [7, 11) is 0. The molecule has 0 saturated heterocycles. The zero-order chi connectivity index (χ0) is 12.3. The fourth-order valence-corrected chi connectivity index (χ4v) is 2.51. The zero-order valence-corrected chi connectivity index (χ0v) is 10.8. The first-order valence-electron chi connectivity index (χ1n) is 6.23. The van der Waals surface area contributed by atoms with Crippen LogP contribution in [0.1, 0.15) is 24.8 Å². The number of benzene rings is 1. The molecular weight excluding hydrogens is 234 g/mol. The molecule has 94 valence electrons. The van der Waals surface area contributed by atoms with Gasteiger partial charge in [-0.05, 0) is 36.5 Å². The van der Waals surface area contributed by atoms with Gasteiger partial charge in [0.1, 0.15) is 0 Å². The lowest BCUT2D eigenvalue weighted by atomic mass is 9.78. The summed E-state index contributed by atoms with van der Waals surface area (Å²) in [6.45, 7) is 0.714. The van der Waals surface area contributed by atoms with E-state index in [1.165, 1.54) is 18.4 Å². The molecule has 1 aliphatic rings. The van der Waals surface area contributed by atoms with Crippen LogP contribution in [0.5, 0.6) is 0 Å². The maximum absolute atomic E-state index is 9.66. The summed E-state index contributed by atoms with van der Waals surface area (Å²) >= 11 is 5.87. The summed E-state index contributed by atoms with van der Waals surface area (Å²) < 4.78 is 0. The van der Waals surface area contributed by atoms with E-state index < -0.39 is 0 Å². The van der Waals surface area contributed by atoms with Crippen molar-refractivity contribution in [2.75, 3.05) is 13.2 Å². The number of hydrogen-bond acceptors (Lipinski definition) is 2. The first kappa shape index (κ1) is 12.9. The van der Waals surface area contributed by atoms with Crippen molar-refractivity contribution in [2.24, 2.45) is 17.1 Å². The SMILES string of the molecule is NCC(CO)(Cc1ccc(Cl)cc1)CC1CC1. The number of aliphatic hydroxyl groups is 1. The van der Waals surface area contributed by atoms with Crippen molar-refractivity contribution in [2.45, 2.75) is 25.7 Å². The first-order chi connectivity index (χ1) is 8.17. The lowest BCUT2D eigenvalue weighted by Gasteiger charge is -2.30. The van der Waals surface area contributed by atoms with E-state index in [4.69, 9.17) is 17.3 Å². The highest BCUT2D eigenvalue weighted by atomic mass is 35.5. The second kappa shape index (κ2) is 5.38. The molecule has 0 heterocycles. The van der Waals surface area contributed by atoms with Gasteiger partial charge < -0.3 is 10.8 Å². The van der Waals surface area contributed by atoms with Gasteiger partial charge in [-0.25, -0.2) is 0 Å². The van der Waals surface area contributed by atoms with E-state index >= 15 is 0 Å². The molecule has 1 saturated carbocycles. The Balaban J connectivity index is 2.07. The Labute approximate surface area is 108 Å². The highest BCUT2D eigenvalue weighted by Gasteiger charge is 2.35. The van der Waals surface area contributed by atoms with Crippen LogP contribution in [0.4, 0.5) is 0 Å². The number of aliphatic hydroxyl groups excluding tert-OH is 1. The van der Waals surface area contributed by atoms with Crippen LogP contribution in [0.2, 0.25) is 5.02 Å². The van der Waals surface area contributed by atoms with E-state index in [0.717, 1.165) is 23.8 Å². The van der Waals surface area contributed by atoms with Gasteiger partial charge in [0.25, 0.3) is 0 Å². The molecule has 0 spiro atoms. The normalized spacial score (nSPS) is 19.0. The van der Waals surface area contributed by atoms with Crippen LogP contribution in [0.25, 0.3) is 0 Å². The van der Waals surface area contributed by atoms with Crippen LogP contribution in [0.15, 0.2) is 24.3 Å². The topological polar surface area (TPSA) is 46.2 Å². The molecule has 3 N–H and O–H groups in total. The zero-order valence-electron chi connectivity index (χ0n) is 10.0. The molecular formula is C14H20ClNO. The van der Waals surface area contributed by atoms with Gasteiger partial charge in [0, 0.05) is 17.0 Å². The van der Waals surface area contributed by atoms with Gasteiger partial charge in [-0.3, -0.25) is 0 Å². The largest absolute Gasteiger partial charge is 0.396 e. The molecule has 1 unspecified atom stereocenters. The molecule has 2 rings (SSSR count). The number of nitrogens with two attached hydrogens (primary N) is 1. The van der Waals surface area contributed by atoms with Gasteiger partial charge in [0.05, 0.1) is 6.61 Å². The lowest BCUT2D eigenvalue weighted by Crippen LogP contribution is -2.37. The van der Waals surface area contributed by atoms with Gasteiger partial charge in [0.15, 0.2) is 0 Å². The van der Waals surface area contributed by atoms with Crippen molar-refractivity contribution in [3.63, 3.8) is 0 Å². The van der Waals surface area contributed by atoms with E-state index in [9.17, 15) is 5.11 Å². The third-order valence-electron chi connectivity index (χ3n) is 3.68. The summed E-state index contributed by atoms with van der Waals surface area (Å²) in [6, 6.07) is 7.84. The lowest BCUT2D eigenvalue weighted by molar-refractivity contribution is 0.115. The number of halogens is 1. The van der Waals surface area contributed by atoms with E-state index in [2.05, 4.69) is 0 Å². The number of rotatable bonds is 6. The van der Waals surface area contributed by atoms with Crippen molar-refractivity contribution < 1.29 is 5.11 Å². The van der Waals surface area contributed by atoms with Crippen molar-refractivity contribution in [1.82, 2.24) is 0 Å². The molecule has 0 aliphatic heterocycles. The maximum atomic E-state index is 9.66. The fourth-order valence-electron chi connectivity index (χ4n) is 2.38. The molecule has 1 aromatic carbocycles. The Morgan fingerprint density at radius 3 is 2.41 bits per heavy atom. The Hall–Kier alpha value is -0.570. The second-order valence-corrected chi connectivity index (χ2v) is 5.75. The smallest absolute Gasteiger partial charge is 0.0502 e. The summed E-state index contributed by atoms with van der Waals surface area (Å²) in [5, 5.41) is 10.4. The molecule has 0 radical (unpaired) electrons. The van der Waals surface area contributed by atoms with Crippen LogP contribution in [-0.2, 0) is 6.42 Å². The van der Waals surface area contributed by atoms with Gasteiger partial charge in [0.2, 0.25) is 0 Å². The van der Waals surface area contributed by atoms with Gasteiger partial charge in [-0.15, -0.1) is 0 Å². The Bertz CT molecular complexity index is 355. The van der Waals surface area contributed by atoms with Gasteiger partial charge in [-0.1, -0.05) is 36.6 Å². The summed E-state index contributed by atoms with van der Waals surface area (Å²) in [6.07, 6.45) is 4.47. The molecule has 0 amide bonds. The minimum atomic E-state index is -0.144. The molecule has 17 heavy (non-hydrogen) atoms. The molecule has 1 aliphatic carbocycles. The van der Waals surface area contributed by atoms with E-state index in [1.807, 2.05) is 24.3 Å². The average molecular weight is 254 g/mol. The Kier molecular flexibility index (Phi) is 4.08. The van der Waals surface area contributed by atoms with Crippen LogP contribution in [0, 0.1) is 11.3 Å².